The van der Waals surface area contributed by atoms with Crippen molar-refractivity contribution in [3.63, 3.8) is 0 Å². The molecule has 0 aliphatic rings. The molecule has 0 saturated carbocycles. The zero-order valence-electron chi connectivity index (χ0n) is 15.6. The van der Waals surface area contributed by atoms with Gasteiger partial charge < -0.3 is 14.2 Å². The fraction of sp³-hybridized carbons (Fsp3) is 0.238. The summed E-state index contributed by atoms with van der Waals surface area (Å²) < 4.78 is 45.9. The molecule has 0 spiro atoms. The molecule has 29 heavy (non-hydrogen) atoms. The largest absolute Gasteiger partial charge is 0.497 e. The molecule has 3 rings (SSSR count). The summed E-state index contributed by atoms with van der Waals surface area (Å²) >= 11 is 0. The van der Waals surface area contributed by atoms with Crippen LogP contribution < -0.4 is 4.74 Å². The summed E-state index contributed by atoms with van der Waals surface area (Å²) in [5.41, 5.74) is 1.64. The van der Waals surface area contributed by atoms with Crippen molar-refractivity contribution in [1.29, 1.82) is 5.26 Å². The van der Waals surface area contributed by atoms with Crippen molar-refractivity contribution in [2.75, 3.05) is 13.7 Å². The van der Waals surface area contributed by atoms with Crippen LogP contribution in [0.25, 0.3) is 10.9 Å². The van der Waals surface area contributed by atoms with Crippen LogP contribution in [0.4, 0.5) is 13.2 Å². The van der Waals surface area contributed by atoms with Crippen molar-refractivity contribution in [3.05, 3.63) is 65.9 Å². The summed E-state index contributed by atoms with van der Waals surface area (Å²) in [6.07, 6.45) is -2.86. The van der Waals surface area contributed by atoms with E-state index in [9.17, 15) is 18.0 Å². The third kappa shape index (κ3) is 5.08. The number of nitrogens with zero attached hydrogens (tertiary/aromatic N) is 3. The fourth-order valence-electron chi connectivity index (χ4n) is 3.04. The molecule has 0 aliphatic heterocycles. The lowest BCUT2D eigenvalue weighted by atomic mass is 10.1. The maximum Gasteiger partial charge on any atom is 0.406 e. The van der Waals surface area contributed by atoms with Crippen LogP contribution in [-0.2, 0) is 17.9 Å². The molecule has 8 heteroatoms. The molecule has 0 bridgehead atoms. The Morgan fingerprint density at radius 3 is 2.52 bits per heavy atom. The van der Waals surface area contributed by atoms with Crippen LogP contribution in [0.5, 0.6) is 5.75 Å². The lowest BCUT2D eigenvalue weighted by molar-refractivity contribution is -0.162. The molecule has 1 amide bonds. The van der Waals surface area contributed by atoms with Crippen molar-refractivity contribution < 1.29 is 22.7 Å². The van der Waals surface area contributed by atoms with Gasteiger partial charge in [-0.15, -0.1) is 0 Å². The normalized spacial score (nSPS) is 11.3. The number of benzene rings is 2. The molecule has 1 heterocycles. The van der Waals surface area contributed by atoms with Crippen LogP contribution in [0.1, 0.15) is 11.1 Å². The minimum Gasteiger partial charge on any atom is -0.497 e. The molecule has 0 aliphatic carbocycles. The van der Waals surface area contributed by atoms with E-state index >= 15 is 0 Å². The summed E-state index contributed by atoms with van der Waals surface area (Å²) in [6, 6.07) is 15.1. The number of fused-ring (bicyclic) bond motifs is 1. The third-order valence-corrected chi connectivity index (χ3v) is 4.46. The van der Waals surface area contributed by atoms with Gasteiger partial charge in [0.15, 0.2) is 0 Å². The zero-order chi connectivity index (χ0) is 21.0. The highest BCUT2D eigenvalue weighted by molar-refractivity contribution is 5.84. The Labute approximate surface area is 165 Å². The van der Waals surface area contributed by atoms with E-state index in [-0.39, 0.29) is 13.1 Å². The van der Waals surface area contributed by atoms with E-state index < -0.39 is 18.6 Å². The maximum absolute atomic E-state index is 13.0. The van der Waals surface area contributed by atoms with Gasteiger partial charge in [-0.25, -0.2) is 0 Å². The molecule has 150 valence electrons. The lowest BCUT2D eigenvalue weighted by Crippen LogP contribution is -2.40. The summed E-state index contributed by atoms with van der Waals surface area (Å²) in [6.45, 7) is -1.77. The highest BCUT2D eigenvalue weighted by atomic mass is 19.4. The first-order valence-corrected chi connectivity index (χ1v) is 8.75. The highest BCUT2D eigenvalue weighted by Crippen LogP contribution is 2.23. The van der Waals surface area contributed by atoms with E-state index in [1.807, 2.05) is 6.07 Å². The van der Waals surface area contributed by atoms with Crippen molar-refractivity contribution in [2.45, 2.75) is 19.3 Å². The van der Waals surface area contributed by atoms with Crippen molar-refractivity contribution in [1.82, 2.24) is 9.47 Å². The van der Waals surface area contributed by atoms with Gasteiger partial charge >= 0.3 is 6.18 Å². The number of aromatic nitrogens is 1. The monoisotopic (exact) mass is 401 g/mol. The standard InChI is InChI=1S/C21H18F3N3O2/c1-29-18-6-7-19-17(10-18)8-9-26(19)13-20(28)27(14-21(22,23)24)12-16-4-2-15(11-25)3-5-16/h2-10H,12-14H2,1H3. The van der Waals surface area contributed by atoms with Gasteiger partial charge in [-0.1, -0.05) is 12.1 Å². The van der Waals surface area contributed by atoms with E-state index in [4.69, 9.17) is 10.00 Å². The lowest BCUT2D eigenvalue weighted by Gasteiger charge is -2.24. The smallest absolute Gasteiger partial charge is 0.406 e. The van der Waals surface area contributed by atoms with E-state index in [1.54, 1.807) is 54.3 Å². The Morgan fingerprint density at radius 2 is 1.90 bits per heavy atom. The predicted octanol–water partition coefficient (Wildman–Crippen LogP) is 4.11. The van der Waals surface area contributed by atoms with Crippen molar-refractivity contribution in [3.8, 4) is 11.8 Å². The maximum atomic E-state index is 13.0. The summed E-state index contributed by atoms with van der Waals surface area (Å²) in [4.78, 5) is 13.5. The Morgan fingerprint density at radius 1 is 1.17 bits per heavy atom. The van der Waals surface area contributed by atoms with E-state index in [0.29, 0.717) is 16.9 Å². The number of rotatable bonds is 6. The SMILES string of the molecule is COc1ccc2c(ccn2CC(=O)N(Cc2ccc(C#N)cc2)CC(F)(F)F)c1. The molecule has 0 unspecified atom stereocenters. The summed E-state index contributed by atoms with van der Waals surface area (Å²) in [5, 5.41) is 9.67. The van der Waals surface area contributed by atoms with Crippen LogP contribution in [0.2, 0.25) is 0 Å². The Balaban J connectivity index is 1.81. The number of hydrogen-bond acceptors (Lipinski definition) is 3. The first-order valence-electron chi connectivity index (χ1n) is 8.75. The molecular weight excluding hydrogens is 383 g/mol. The van der Waals surface area contributed by atoms with E-state index in [1.165, 1.54) is 12.1 Å². The van der Waals surface area contributed by atoms with Crippen molar-refractivity contribution >= 4 is 16.8 Å². The molecule has 3 aromatic rings. The summed E-state index contributed by atoms with van der Waals surface area (Å²) in [5.74, 6) is 0.00101. The van der Waals surface area contributed by atoms with Gasteiger partial charge in [-0.2, -0.15) is 18.4 Å². The van der Waals surface area contributed by atoms with Gasteiger partial charge in [0.05, 0.1) is 18.7 Å². The van der Waals surface area contributed by atoms with Crippen LogP contribution in [-0.4, -0.2) is 35.2 Å². The number of hydrogen-bond donors (Lipinski definition) is 0. The number of amides is 1. The van der Waals surface area contributed by atoms with Crippen LogP contribution in [0.15, 0.2) is 54.7 Å². The molecule has 2 aromatic carbocycles. The average Bonchev–Trinajstić information content (AvgIpc) is 3.08. The number of methoxy groups -OCH3 is 1. The van der Waals surface area contributed by atoms with Gasteiger partial charge in [0.25, 0.3) is 0 Å². The van der Waals surface area contributed by atoms with Gasteiger partial charge in [0.1, 0.15) is 18.8 Å². The van der Waals surface area contributed by atoms with Gasteiger partial charge in [0.2, 0.25) is 5.91 Å². The molecule has 1 aromatic heterocycles. The first kappa shape index (κ1) is 20.3. The molecule has 0 saturated heterocycles. The van der Waals surface area contributed by atoms with Gasteiger partial charge in [-0.05, 0) is 42.0 Å². The number of carbonyl (C=O) groups is 1. The van der Waals surface area contributed by atoms with Gasteiger partial charge in [0, 0.05) is 23.6 Å². The number of carbonyl (C=O) groups excluding carboxylic acids is 1. The minimum atomic E-state index is -4.52. The topological polar surface area (TPSA) is 58.3 Å². The van der Waals surface area contributed by atoms with E-state index in [2.05, 4.69) is 0 Å². The minimum absolute atomic E-state index is 0.197. The molecule has 0 N–H and O–H groups in total. The molecule has 0 radical (unpaired) electrons. The molecule has 5 nitrogen and oxygen atoms in total. The second-order valence-corrected chi connectivity index (χ2v) is 6.54. The van der Waals surface area contributed by atoms with Crippen LogP contribution in [0, 0.1) is 11.3 Å². The van der Waals surface area contributed by atoms with E-state index in [0.717, 1.165) is 15.8 Å². The molecular formula is C21H18F3N3O2. The second kappa shape index (κ2) is 8.27. The highest BCUT2D eigenvalue weighted by Gasteiger charge is 2.33. The number of nitriles is 1. The fourth-order valence-corrected chi connectivity index (χ4v) is 3.04. The Hall–Kier alpha value is -3.47. The first-order chi connectivity index (χ1) is 13.8. The van der Waals surface area contributed by atoms with Gasteiger partial charge in [-0.3, -0.25) is 4.79 Å². The Bertz CT molecular complexity index is 1050. The van der Waals surface area contributed by atoms with Crippen LogP contribution >= 0.6 is 0 Å². The van der Waals surface area contributed by atoms with Crippen LogP contribution in [0.3, 0.4) is 0 Å². The molecule has 0 fully saturated rings. The number of halogens is 3. The third-order valence-electron chi connectivity index (χ3n) is 4.46. The second-order valence-electron chi connectivity index (χ2n) is 6.54. The molecule has 0 atom stereocenters. The zero-order valence-corrected chi connectivity index (χ0v) is 15.6. The quantitative estimate of drug-likeness (QED) is 0.625. The predicted molar refractivity (Wildman–Crippen MR) is 101 cm³/mol. The number of ether oxygens (including phenoxy) is 1. The Kier molecular flexibility index (Phi) is 5.78. The van der Waals surface area contributed by atoms with Crippen molar-refractivity contribution in [2.24, 2.45) is 0 Å². The summed E-state index contributed by atoms with van der Waals surface area (Å²) in [7, 11) is 1.54. The number of alkyl halides is 3. The average molecular weight is 401 g/mol.